The lowest BCUT2D eigenvalue weighted by Crippen LogP contribution is -2.35. The lowest BCUT2D eigenvalue weighted by molar-refractivity contribution is -0.128. The van der Waals surface area contributed by atoms with Gasteiger partial charge in [-0.1, -0.05) is 35.4 Å². The summed E-state index contributed by atoms with van der Waals surface area (Å²) in [5, 5.41) is 15.0. The Labute approximate surface area is 216 Å². The van der Waals surface area contributed by atoms with Gasteiger partial charge in [-0.3, -0.25) is 9.78 Å². The molecule has 0 atom stereocenters. The summed E-state index contributed by atoms with van der Waals surface area (Å²) in [6.45, 7) is 9.34. The highest BCUT2D eigenvalue weighted by Crippen LogP contribution is 2.13. The Hall–Kier alpha value is -3.83. The predicted molar refractivity (Wildman–Crippen MR) is 134 cm³/mol. The molecule has 0 unspecified atom stereocenters. The van der Waals surface area contributed by atoms with Crippen molar-refractivity contribution in [3.8, 4) is 0 Å². The minimum Gasteiger partial charge on any atom is -0.478 e. The zero-order valence-electron chi connectivity index (χ0n) is 19.1. The first kappa shape index (κ1) is 30.2. The fraction of sp³-hybridized carbons (Fsp3) is 0.174. The number of halogens is 4. The Bertz CT molecular complexity index is 1110. The number of nitrogens with one attached hydrogen (secondary N) is 2. The second kappa shape index (κ2) is 15.2. The minimum atomic E-state index is -1.19. The van der Waals surface area contributed by atoms with E-state index in [2.05, 4.69) is 34.0 Å². The number of carbonyl (C=O) groups is 3. The molecule has 13 heteroatoms. The maximum Gasteiger partial charge on any atom is 0.339 e. The average Bonchev–Trinajstić information content (AvgIpc) is 2.81. The van der Waals surface area contributed by atoms with Crippen molar-refractivity contribution >= 4 is 52.5 Å². The largest absolute Gasteiger partial charge is 0.478 e. The number of hydrogen-bond acceptors (Lipinski definition) is 5. The quantitative estimate of drug-likeness (QED) is 0.185. The number of aromatic carboxylic acids is 1. The van der Waals surface area contributed by atoms with Gasteiger partial charge in [0.15, 0.2) is 4.84 Å². The minimum absolute atomic E-state index is 0.0758. The molecule has 36 heavy (non-hydrogen) atoms. The van der Waals surface area contributed by atoms with Crippen LogP contribution in [0.1, 0.15) is 23.0 Å². The lowest BCUT2D eigenvalue weighted by Gasteiger charge is -2.19. The summed E-state index contributed by atoms with van der Waals surface area (Å²) in [7, 11) is 0. The fourth-order valence-electron chi connectivity index (χ4n) is 2.54. The maximum atomic E-state index is 13.0. The van der Waals surface area contributed by atoms with Crippen LogP contribution in [0.15, 0.2) is 66.9 Å². The van der Waals surface area contributed by atoms with Gasteiger partial charge in [-0.25, -0.2) is 23.8 Å². The summed E-state index contributed by atoms with van der Waals surface area (Å²) in [4.78, 5) is 38.3. The van der Waals surface area contributed by atoms with E-state index in [1.807, 2.05) is 0 Å². The Morgan fingerprint density at radius 2 is 1.75 bits per heavy atom. The van der Waals surface area contributed by atoms with Crippen LogP contribution >= 0.6 is 23.2 Å². The standard InChI is InChI=1S/C15H12F2N4O3.C8H11Cl2NO/c1-8(13-12(14(22)23)3-2-4-18-13)20-21-15(24)19-11-6-9(16)5-10(17)7-11;1-3-5-11(6-4-2)8(12)7(9)10/h2-7H,1H3,(H,22,23)(H2,19,21,24);3-4,7H,1-2,5-6H2/b20-8+;. The first-order valence-corrected chi connectivity index (χ1v) is 10.9. The number of nitrogens with zero attached hydrogens (tertiary/aromatic N) is 3. The van der Waals surface area contributed by atoms with E-state index >= 15 is 0 Å². The third-order valence-corrected chi connectivity index (χ3v) is 4.40. The van der Waals surface area contributed by atoms with E-state index in [-0.39, 0.29) is 28.6 Å². The molecule has 192 valence electrons. The van der Waals surface area contributed by atoms with Gasteiger partial charge in [0, 0.05) is 31.0 Å². The second-order valence-electron chi connectivity index (χ2n) is 6.75. The number of hydrogen-bond donors (Lipinski definition) is 3. The summed E-state index contributed by atoms with van der Waals surface area (Å²) in [5.41, 5.74) is 2.16. The SMILES string of the molecule is C/C(=N\NC(=O)Nc1cc(F)cc(F)c1)c1ncccc1C(=O)O.C=CCN(CC=C)C(=O)C(Cl)Cl. The van der Waals surface area contributed by atoms with Gasteiger partial charge in [-0.15, -0.1) is 13.2 Å². The topological polar surface area (TPSA) is 124 Å². The number of amides is 3. The van der Waals surface area contributed by atoms with Crippen LogP contribution in [-0.2, 0) is 4.79 Å². The zero-order chi connectivity index (χ0) is 27.3. The number of pyridine rings is 1. The van der Waals surface area contributed by atoms with Gasteiger partial charge in [-0.05, 0) is 31.2 Å². The van der Waals surface area contributed by atoms with Crippen molar-refractivity contribution in [1.82, 2.24) is 15.3 Å². The van der Waals surface area contributed by atoms with Crippen LogP contribution in [0, 0.1) is 11.6 Å². The summed E-state index contributed by atoms with van der Waals surface area (Å²) in [6.07, 6.45) is 4.60. The number of rotatable bonds is 9. The first-order valence-electron chi connectivity index (χ1n) is 10.0. The third kappa shape index (κ3) is 10.2. The Morgan fingerprint density at radius 3 is 2.25 bits per heavy atom. The van der Waals surface area contributed by atoms with Crippen LogP contribution in [0.3, 0.4) is 0 Å². The molecule has 0 aliphatic rings. The molecule has 0 radical (unpaired) electrons. The Kier molecular flexibility index (Phi) is 12.8. The molecule has 0 aliphatic heterocycles. The first-order chi connectivity index (χ1) is 17.0. The molecule has 0 saturated heterocycles. The predicted octanol–water partition coefficient (Wildman–Crippen LogP) is 4.59. The molecule has 0 bridgehead atoms. The number of carbonyl (C=O) groups excluding carboxylic acids is 2. The second-order valence-corrected chi connectivity index (χ2v) is 7.84. The van der Waals surface area contributed by atoms with Crippen LogP contribution in [0.25, 0.3) is 0 Å². The third-order valence-electron chi connectivity index (χ3n) is 4.02. The van der Waals surface area contributed by atoms with Crippen LogP contribution in [0.2, 0.25) is 0 Å². The lowest BCUT2D eigenvalue weighted by atomic mass is 10.1. The molecule has 0 fully saturated rings. The Morgan fingerprint density at radius 1 is 1.17 bits per heavy atom. The Balaban J connectivity index is 0.000000457. The number of alkyl halides is 2. The van der Waals surface area contributed by atoms with E-state index in [4.69, 9.17) is 28.3 Å². The van der Waals surface area contributed by atoms with E-state index in [9.17, 15) is 23.2 Å². The monoisotopic (exact) mass is 541 g/mol. The molecular formula is C23H23Cl2F2N5O4. The fourth-order valence-corrected chi connectivity index (χ4v) is 2.82. The summed E-state index contributed by atoms with van der Waals surface area (Å²) in [6, 6.07) is 4.48. The molecule has 0 saturated carbocycles. The van der Waals surface area contributed by atoms with Gasteiger partial charge in [0.05, 0.1) is 11.3 Å². The highest BCUT2D eigenvalue weighted by molar-refractivity contribution is 6.53. The number of aromatic nitrogens is 1. The summed E-state index contributed by atoms with van der Waals surface area (Å²) >= 11 is 10.8. The molecule has 0 spiro atoms. The number of benzene rings is 1. The maximum absolute atomic E-state index is 13.0. The number of carboxylic acids is 1. The average molecular weight is 542 g/mol. The molecule has 9 nitrogen and oxygen atoms in total. The van der Waals surface area contributed by atoms with Crippen molar-refractivity contribution in [3.05, 3.63) is 84.7 Å². The number of hydrazone groups is 1. The van der Waals surface area contributed by atoms with Crippen molar-refractivity contribution in [2.24, 2.45) is 5.10 Å². The van der Waals surface area contributed by atoms with Gasteiger partial charge in [-0.2, -0.15) is 5.10 Å². The van der Waals surface area contributed by atoms with Crippen LogP contribution in [0.5, 0.6) is 0 Å². The summed E-state index contributed by atoms with van der Waals surface area (Å²) < 4.78 is 26.1. The number of anilines is 1. The molecule has 0 aliphatic carbocycles. The van der Waals surface area contributed by atoms with Crippen molar-refractivity contribution < 1.29 is 28.3 Å². The molecule has 2 rings (SSSR count). The van der Waals surface area contributed by atoms with Crippen LogP contribution in [-0.4, -0.2) is 56.5 Å². The molecule has 3 N–H and O–H groups in total. The van der Waals surface area contributed by atoms with Crippen molar-refractivity contribution in [1.29, 1.82) is 0 Å². The van der Waals surface area contributed by atoms with Crippen molar-refractivity contribution in [2.75, 3.05) is 18.4 Å². The zero-order valence-corrected chi connectivity index (χ0v) is 20.6. The molecule has 1 heterocycles. The van der Waals surface area contributed by atoms with Crippen LogP contribution in [0.4, 0.5) is 19.3 Å². The van der Waals surface area contributed by atoms with E-state index in [0.717, 1.165) is 12.1 Å². The van der Waals surface area contributed by atoms with Crippen molar-refractivity contribution in [3.63, 3.8) is 0 Å². The van der Waals surface area contributed by atoms with E-state index in [1.54, 1.807) is 12.2 Å². The van der Waals surface area contributed by atoms with Crippen LogP contribution < -0.4 is 10.7 Å². The molecular weight excluding hydrogens is 519 g/mol. The number of urea groups is 1. The van der Waals surface area contributed by atoms with Crippen molar-refractivity contribution in [2.45, 2.75) is 11.8 Å². The molecule has 1 aromatic heterocycles. The highest BCUT2D eigenvalue weighted by atomic mass is 35.5. The molecule has 2 aromatic rings. The molecule has 1 aromatic carbocycles. The number of carboxylic acid groups (broad SMARTS) is 1. The van der Waals surface area contributed by atoms with E-state index in [1.165, 1.54) is 30.2 Å². The highest BCUT2D eigenvalue weighted by Gasteiger charge is 2.17. The van der Waals surface area contributed by atoms with Gasteiger partial charge in [0.1, 0.15) is 17.3 Å². The van der Waals surface area contributed by atoms with E-state index < -0.39 is 28.5 Å². The van der Waals surface area contributed by atoms with Gasteiger partial charge < -0.3 is 15.3 Å². The molecule has 3 amide bonds. The van der Waals surface area contributed by atoms with Gasteiger partial charge in [0.25, 0.3) is 5.91 Å². The summed E-state index contributed by atoms with van der Waals surface area (Å²) in [5.74, 6) is -3.19. The van der Waals surface area contributed by atoms with Gasteiger partial charge in [0.2, 0.25) is 0 Å². The van der Waals surface area contributed by atoms with E-state index in [0.29, 0.717) is 19.2 Å². The smallest absolute Gasteiger partial charge is 0.339 e. The normalized spacial score (nSPS) is 10.6. The van der Waals surface area contributed by atoms with Gasteiger partial charge >= 0.3 is 12.0 Å².